The van der Waals surface area contributed by atoms with E-state index in [4.69, 9.17) is 23.1 Å². The van der Waals surface area contributed by atoms with Gasteiger partial charge in [0.25, 0.3) is 0 Å². The van der Waals surface area contributed by atoms with E-state index in [2.05, 4.69) is 9.72 Å². The minimum atomic E-state index is -4.86. The van der Waals surface area contributed by atoms with Crippen molar-refractivity contribution in [2.75, 3.05) is 5.73 Å². The zero-order chi connectivity index (χ0) is 11.6. The van der Waals surface area contributed by atoms with Gasteiger partial charge in [-0.3, -0.25) is 0 Å². The van der Waals surface area contributed by atoms with Gasteiger partial charge in [0.1, 0.15) is 5.69 Å². The number of rotatable bonds is 2. The van der Waals surface area contributed by atoms with Crippen molar-refractivity contribution in [2.45, 2.75) is 12.9 Å². The molecule has 4 nitrogen and oxygen atoms in total. The fraction of sp³-hybridized carbons (Fsp3) is 0.286. The van der Waals surface area contributed by atoms with E-state index in [1.54, 1.807) is 0 Å². The second kappa shape index (κ2) is 4.11. The number of nitrogen functional groups attached to an aromatic ring is 1. The summed E-state index contributed by atoms with van der Waals surface area (Å²) < 4.78 is 39.3. The highest BCUT2D eigenvalue weighted by atomic mass is 35.5. The van der Waals surface area contributed by atoms with E-state index in [1.807, 2.05) is 0 Å². The SMILES string of the molecule is NCc1cc(Cl)c(N)c(OC(F)(F)F)n1. The Hall–Kier alpha value is -1.21. The molecule has 0 aliphatic heterocycles. The Morgan fingerprint density at radius 2 is 2.07 bits per heavy atom. The number of nitrogens with two attached hydrogens (primary N) is 2. The molecule has 0 atom stereocenters. The van der Waals surface area contributed by atoms with Gasteiger partial charge in [-0.25, -0.2) is 4.98 Å². The Labute approximate surface area is 88.0 Å². The van der Waals surface area contributed by atoms with Crippen molar-refractivity contribution in [1.29, 1.82) is 0 Å². The van der Waals surface area contributed by atoms with Crippen LogP contribution in [-0.2, 0) is 6.54 Å². The van der Waals surface area contributed by atoms with E-state index in [-0.39, 0.29) is 22.9 Å². The summed E-state index contributed by atoms with van der Waals surface area (Å²) in [5.74, 6) is -0.782. The van der Waals surface area contributed by atoms with E-state index in [0.717, 1.165) is 0 Å². The van der Waals surface area contributed by atoms with Gasteiger partial charge in [-0.2, -0.15) is 0 Å². The van der Waals surface area contributed by atoms with Crippen LogP contribution >= 0.6 is 11.6 Å². The topological polar surface area (TPSA) is 74.2 Å². The second-order valence-corrected chi connectivity index (χ2v) is 2.97. The largest absolute Gasteiger partial charge is 0.574 e. The van der Waals surface area contributed by atoms with Crippen molar-refractivity contribution in [2.24, 2.45) is 5.73 Å². The van der Waals surface area contributed by atoms with Crippen LogP contribution in [0.3, 0.4) is 0 Å². The summed E-state index contributed by atoms with van der Waals surface area (Å²) in [5, 5.41) is -0.0790. The first kappa shape index (κ1) is 11.9. The molecule has 0 radical (unpaired) electrons. The van der Waals surface area contributed by atoms with Crippen LogP contribution in [0, 0.1) is 0 Å². The Morgan fingerprint density at radius 1 is 1.47 bits per heavy atom. The second-order valence-electron chi connectivity index (χ2n) is 2.57. The first-order chi connectivity index (χ1) is 6.83. The lowest BCUT2D eigenvalue weighted by molar-refractivity contribution is -0.275. The average molecular weight is 242 g/mol. The smallest absolute Gasteiger partial charge is 0.393 e. The molecule has 0 saturated heterocycles. The van der Waals surface area contributed by atoms with E-state index in [9.17, 15) is 13.2 Å². The highest BCUT2D eigenvalue weighted by molar-refractivity contribution is 6.33. The molecule has 4 N–H and O–H groups in total. The Morgan fingerprint density at radius 3 is 2.53 bits per heavy atom. The van der Waals surface area contributed by atoms with E-state index < -0.39 is 12.2 Å². The van der Waals surface area contributed by atoms with Gasteiger partial charge >= 0.3 is 6.36 Å². The normalized spacial score (nSPS) is 11.5. The van der Waals surface area contributed by atoms with Crippen LogP contribution < -0.4 is 16.2 Å². The molecule has 0 aromatic carbocycles. The summed E-state index contributed by atoms with van der Waals surface area (Å²) >= 11 is 5.56. The third-order valence-corrected chi connectivity index (χ3v) is 1.76. The number of hydrogen-bond acceptors (Lipinski definition) is 4. The molecule has 1 heterocycles. The van der Waals surface area contributed by atoms with Crippen LogP contribution in [0.4, 0.5) is 18.9 Å². The lowest BCUT2D eigenvalue weighted by Gasteiger charge is -2.11. The predicted molar refractivity (Wildman–Crippen MR) is 48.2 cm³/mol. The van der Waals surface area contributed by atoms with Gasteiger partial charge in [0, 0.05) is 6.54 Å². The van der Waals surface area contributed by atoms with Crippen molar-refractivity contribution in [3.8, 4) is 5.88 Å². The van der Waals surface area contributed by atoms with Gasteiger partial charge in [0.2, 0.25) is 5.88 Å². The van der Waals surface area contributed by atoms with Gasteiger partial charge in [-0.05, 0) is 6.07 Å². The molecule has 1 aromatic heterocycles. The summed E-state index contributed by atoms with van der Waals surface area (Å²) in [4.78, 5) is 3.46. The highest BCUT2D eigenvalue weighted by Crippen LogP contribution is 2.31. The summed E-state index contributed by atoms with van der Waals surface area (Å²) in [6.45, 7) is -0.0613. The number of alkyl halides is 3. The van der Waals surface area contributed by atoms with Crippen molar-refractivity contribution in [3.63, 3.8) is 0 Å². The minimum absolute atomic E-state index is 0.0613. The van der Waals surface area contributed by atoms with Crippen LogP contribution in [0.1, 0.15) is 5.69 Å². The molecule has 84 valence electrons. The zero-order valence-corrected chi connectivity index (χ0v) is 8.06. The molecule has 1 aromatic rings. The molecule has 0 amide bonds. The molecule has 0 saturated carbocycles. The fourth-order valence-corrected chi connectivity index (χ4v) is 1.05. The third-order valence-electron chi connectivity index (χ3n) is 1.45. The Bertz CT molecular complexity index is 369. The molecular weight excluding hydrogens is 235 g/mol. The maximum atomic E-state index is 11.9. The zero-order valence-electron chi connectivity index (χ0n) is 7.31. The number of hydrogen-bond donors (Lipinski definition) is 2. The van der Waals surface area contributed by atoms with E-state index in [1.165, 1.54) is 6.07 Å². The molecule has 15 heavy (non-hydrogen) atoms. The maximum Gasteiger partial charge on any atom is 0.574 e. The van der Waals surface area contributed by atoms with Crippen LogP contribution in [-0.4, -0.2) is 11.3 Å². The number of ether oxygens (including phenoxy) is 1. The molecule has 1 rings (SSSR count). The van der Waals surface area contributed by atoms with Crippen LogP contribution in [0.5, 0.6) is 5.88 Å². The van der Waals surface area contributed by atoms with E-state index in [0.29, 0.717) is 0 Å². The number of pyridine rings is 1. The van der Waals surface area contributed by atoms with Crippen LogP contribution in [0.25, 0.3) is 0 Å². The summed E-state index contributed by atoms with van der Waals surface area (Å²) in [6, 6.07) is 1.28. The number of nitrogens with zero attached hydrogens (tertiary/aromatic N) is 1. The molecule has 0 unspecified atom stereocenters. The van der Waals surface area contributed by atoms with Gasteiger partial charge in [0.05, 0.1) is 10.7 Å². The van der Waals surface area contributed by atoms with Gasteiger partial charge < -0.3 is 16.2 Å². The standard InChI is InChI=1S/C7H7ClF3N3O/c8-4-1-3(2-12)14-6(5(4)13)15-7(9,10)11/h1H,2,12-13H2. The van der Waals surface area contributed by atoms with E-state index >= 15 is 0 Å². The van der Waals surface area contributed by atoms with Crippen molar-refractivity contribution >= 4 is 17.3 Å². The van der Waals surface area contributed by atoms with Crippen molar-refractivity contribution < 1.29 is 17.9 Å². The fourth-order valence-electron chi connectivity index (χ4n) is 0.841. The molecule has 0 spiro atoms. The summed E-state index contributed by atoms with van der Waals surface area (Å²) in [6.07, 6.45) is -4.86. The molecule has 0 aliphatic carbocycles. The first-order valence-electron chi connectivity index (χ1n) is 3.74. The average Bonchev–Trinajstić information content (AvgIpc) is 2.10. The molecule has 0 aliphatic rings. The number of aromatic nitrogens is 1. The first-order valence-corrected chi connectivity index (χ1v) is 4.12. The molecule has 0 bridgehead atoms. The molecule has 8 heteroatoms. The third kappa shape index (κ3) is 3.14. The highest BCUT2D eigenvalue weighted by Gasteiger charge is 2.33. The minimum Gasteiger partial charge on any atom is -0.393 e. The molecule has 0 fully saturated rings. The lowest BCUT2D eigenvalue weighted by Crippen LogP contribution is -2.19. The maximum absolute atomic E-state index is 11.9. The Kier molecular flexibility index (Phi) is 3.25. The van der Waals surface area contributed by atoms with Crippen LogP contribution in [0.2, 0.25) is 5.02 Å². The van der Waals surface area contributed by atoms with Crippen molar-refractivity contribution in [3.05, 3.63) is 16.8 Å². The van der Waals surface area contributed by atoms with Gasteiger partial charge in [0.15, 0.2) is 0 Å². The number of anilines is 1. The van der Waals surface area contributed by atoms with Gasteiger partial charge in [-0.1, -0.05) is 11.6 Å². The quantitative estimate of drug-likeness (QED) is 0.826. The van der Waals surface area contributed by atoms with Gasteiger partial charge in [-0.15, -0.1) is 13.2 Å². The molecular formula is C7H7ClF3N3O. The lowest BCUT2D eigenvalue weighted by atomic mass is 10.3. The Balaban J connectivity index is 3.11. The predicted octanol–water partition coefficient (Wildman–Crippen LogP) is 1.67. The van der Waals surface area contributed by atoms with Crippen LogP contribution in [0.15, 0.2) is 6.07 Å². The summed E-state index contributed by atoms with van der Waals surface area (Å²) in [7, 11) is 0. The number of halogens is 4. The monoisotopic (exact) mass is 241 g/mol. The van der Waals surface area contributed by atoms with Crippen molar-refractivity contribution in [1.82, 2.24) is 4.98 Å². The summed E-state index contributed by atoms with van der Waals surface area (Å²) in [5.41, 5.74) is 10.2.